The van der Waals surface area contributed by atoms with Crippen molar-refractivity contribution in [2.75, 3.05) is 6.54 Å². The Kier molecular flexibility index (Phi) is 2.92. The summed E-state index contributed by atoms with van der Waals surface area (Å²) in [4.78, 5) is 10.2. The highest BCUT2D eigenvalue weighted by Gasteiger charge is 1.87. The van der Waals surface area contributed by atoms with Gasteiger partial charge in [0.1, 0.15) is 5.78 Å². The summed E-state index contributed by atoms with van der Waals surface area (Å²) in [7, 11) is 0. The molecule has 0 aliphatic heterocycles. The van der Waals surface area contributed by atoms with Crippen LogP contribution in [-0.2, 0) is 4.79 Å². The topological polar surface area (TPSA) is 29.1 Å². The maximum atomic E-state index is 10.2. The van der Waals surface area contributed by atoms with Gasteiger partial charge in [-0.15, -0.1) is 0 Å². The van der Waals surface area contributed by atoms with Crippen molar-refractivity contribution in [2.45, 2.75) is 13.8 Å². The van der Waals surface area contributed by atoms with Gasteiger partial charge in [-0.25, -0.2) is 0 Å². The minimum absolute atomic E-state index is 0.132. The molecule has 2 nitrogen and oxygen atoms in total. The van der Waals surface area contributed by atoms with Crippen molar-refractivity contribution in [1.82, 2.24) is 5.32 Å². The van der Waals surface area contributed by atoms with Crippen molar-refractivity contribution in [3.05, 3.63) is 12.3 Å². The number of Topliss-reactive ketones (excluding diaryl/α,β-unsaturated/α-hetero) is 1. The molecule has 8 heavy (non-hydrogen) atoms. The largest absolute Gasteiger partial charge is 0.382 e. The number of allylic oxidation sites excluding steroid dienone is 1. The van der Waals surface area contributed by atoms with Crippen molar-refractivity contribution in [2.24, 2.45) is 0 Å². The van der Waals surface area contributed by atoms with Crippen LogP contribution >= 0.6 is 0 Å². The zero-order chi connectivity index (χ0) is 6.57. The van der Waals surface area contributed by atoms with Crippen LogP contribution in [-0.4, -0.2) is 12.3 Å². The lowest BCUT2D eigenvalue weighted by Crippen LogP contribution is -2.17. The molecule has 0 aromatic heterocycles. The second kappa shape index (κ2) is 3.24. The fourth-order valence-corrected chi connectivity index (χ4v) is 0.275. The molecule has 0 aromatic rings. The van der Waals surface area contributed by atoms with Gasteiger partial charge < -0.3 is 5.32 Å². The maximum Gasteiger partial charge on any atom is 0.148 e. The van der Waals surface area contributed by atoms with E-state index in [2.05, 4.69) is 11.9 Å². The lowest BCUT2D eigenvalue weighted by Gasteiger charge is -1.98. The van der Waals surface area contributed by atoms with Crippen LogP contribution in [0.2, 0.25) is 0 Å². The Balaban J connectivity index is 3.18. The van der Waals surface area contributed by atoms with Crippen LogP contribution in [0.5, 0.6) is 0 Å². The second-order valence-electron chi connectivity index (χ2n) is 1.84. The van der Waals surface area contributed by atoms with Gasteiger partial charge in [0.2, 0.25) is 0 Å². The Labute approximate surface area is 49.6 Å². The summed E-state index contributed by atoms with van der Waals surface area (Å²) >= 11 is 0. The maximum absolute atomic E-state index is 10.2. The fourth-order valence-electron chi connectivity index (χ4n) is 0.275. The predicted molar refractivity (Wildman–Crippen MR) is 33.5 cm³/mol. The molecule has 0 heterocycles. The van der Waals surface area contributed by atoms with Crippen LogP contribution in [0.3, 0.4) is 0 Å². The molecule has 0 bridgehead atoms. The van der Waals surface area contributed by atoms with E-state index in [4.69, 9.17) is 0 Å². The molecular formula is C6H11NO. The molecule has 0 saturated heterocycles. The van der Waals surface area contributed by atoms with Crippen molar-refractivity contribution in [3.63, 3.8) is 0 Å². The molecular weight excluding hydrogens is 102 g/mol. The average molecular weight is 113 g/mol. The molecule has 0 amide bonds. The first kappa shape index (κ1) is 7.21. The van der Waals surface area contributed by atoms with Gasteiger partial charge in [0.15, 0.2) is 0 Å². The second-order valence-corrected chi connectivity index (χ2v) is 1.84. The van der Waals surface area contributed by atoms with E-state index in [0.717, 1.165) is 5.70 Å². The molecule has 46 valence electrons. The summed E-state index contributed by atoms with van der Waals surface area (Å²) in [6.07, 6.45) is 0. The third kappa shape index (κ3) is 5.21. The normalized spacial score (nSPS) is 8.25. The Morgan fingerprint density at radius 2 is 2.12 bits per heavy atom. The van der Waals surface area contributed by atoms with E-state index >= 15 is 0 Å². The zero-order valence-electron chi connectivity index (χ0n) is 5.32. The molecule has 0 fully saturated rings. The van der Waals surface area contributed by atoms with Crippen LogP contribution in [0, 0.1) is 0 Å². The Bertz CT molecular complexity index is 93.1. The Morgan fingerprint density at radius 1 is 1.62 bits per heavy atom. The van der Waals surface area contributed by atoms with Gasteiger partial charge in [-0.1, -0.05) is 6.58 Å². The molecule has 0 radical (unpaired) electrons. The van der Waals surface area contributed by atoms with E-state index in [0.29, 0.717) is 6.54 Å². The van der Waals surface area contributed by atoms with Gasteiger partial charge >= 0.3 is 0 Å². The fraction of sp³-hybridized carbons (Fsp3) is 0.500. The molecule has 0 unspecified atom stereocenters. The molecule has 1 N–H and O–H groups in total. The predicted octanol–water partition coefficient (Wildman–Crippen LogP) is 0.699. The molecule has 0 aliphatic rings. The van der Waals surface area contributed by atoms with Crippen LogP contribution in [0.25, 0.3) is 0 Å². The number of rotatable bonds is 3. The third-order valence-electron chi connectivity index (χ3n) is 0.639. The highest BCUT2D eigenvalue weighted by molar-refractivity contribution is 5.77. The van der Waals surface area contributed by atoms with Gasteiger partial charge in [-0.2, -0.15) is 0 Å². The van der Waals surface area contributed by atoms with Crippen molar-refractivity contribution in [1.29, 1.82) is 0 Å². The first-order valence-corrected chi connectivity index (χ1v) is 2.51. The van der Waals surface area contributed by atoms with E-state index in [9.17, 15) is 4.79 Å². The van der Waals surface area contributed by atoms with Crippen LogP contribution in [0.15, 0.2) is 12.3 Å². The first-order chi connectivity index (χ1) is 3.63. The molecule has 0 rings (SSSR count). The van der Waals surface area contributed by atoms with E-state index in [1.165, 1.54) is 6.92 Å². The summed E-state index contributed by atoms with van der Waals surface area (Å²) in [5, 5.41) is 2.80. The van der Waals surface area contributed by atoms with Gasteiger partial charge in [-0.05, 0) is 13.8 Å². The molecule has 0 aliphatic carbocycles. The van der Waals surface area contributed by atoms with Gasteiger partial charge in [0.05, 0.1) is 6.54 Å². The molecule has 0 aromatic carbocycles. The summed E-state index contributed by atoms with van der Waals surface area (Å²) in [6.45, 7) is 7.32. The van der Waals surface area contributed by atoms with Crippen molar-refractivity contribution >= 4 is 5.78 Å². The minimum Gasteiger partial charge on any atom is -0.382 e. The first-order valence-electron chi connectivity index (χ1n) is 2.51. The smallest absolute Gasteiger partial charge is 0.148 e. The number of carbonyl (C=O) groups excluding carboxylic acids is 1. The van der Waals surface area contributed by atoms with E-state index < -0.39 is 0 Å². The van der Waals surface area contributed by atoms with E-state index in [1.54, 1.807) is 0 Å². The van der Waals surface area contributed by atoms with Gasteiger partial charge in [-0.3, -0.25) is 4.79 Å². The SMILES string of the molecule is C=C(C)NCC(C)=O. The number of hydrogen-bond donors (Lipinski definition) is 1. The quantitative estimate of drug-likeness (QED) is 0.583. The lowest BCUT2D eigenvalue weighted by atomic mass is 10.4. The summed E-state index contributed by atoms with van der Waals surface area (Å²) in [5.74, 6) is 0.132. The monoisotopic (exact) mass is 113 g/mol. The third-order valence-corrected chi connectivity index (χ3v) is 0.639. The van der Waals surface area contributed by atoms with Gasteiger partial charge in [0.25, 0.3) is 0 Å². The summed E-state index contributed by atoms with van der Waals surface area (Å²) in [5.41, 5.74) is 0.834. The number of nitrogens with one attached hydrogen (secondary N) is 1. The summed E-state index contributed by atoms with van der Waals surface area (Å²) in [6, 6.07) is 0. The Morgan fingerprint density at radius 3 is 2.25 bits per heavy atom. The van der Waals surface area contributed by atoms with Crippen LogP contribution < -0.4 is 5.32 Å². The van der Waals surface area contributed by atoms with E-state index in [1.807, 2.05) is 6.92 Å². The summed E-state index contributed by atoms with van der Waals surface area (Å²) < 4.78 is 0. The van der Waals surface area contributed by atoms with Gasteiger partial charge in [0, 0.05) is 5.70 Å². The number of ketones is 1. The highest BCUT2D eigenvalue weighted by atomic mass is 16.1. The molecule has 0 atom stereocenters. The highest BCUT2D eigenvalue weighted by Crippen LogP contribution is 1.75. The van der Waals surface area contributed by atoms with E-state index in [-0.39, 0.29) is 5.78 Å². The number of carbonyl (C=O) groups is 1. The van der Waals surface area contributed by atoms with Crippen LogP contribution in [0.1, 0.15) is 13.8 Å². The standard InChI is InChI=1S/C6H11NO/c1-5(2)7-4-6(3)8/h7H,1,4H2,2-3H3. The molecule has 0 saturated carbocycles. The molecule has 2 heteroatoms. The lowest BCUT2D eigenvalue weighted by molar-refractivity contribution is -0.116. The molecule has 0 spiro atoms. The number of hydrogen-bond acceptors (Lipinski definition) is 2. The van der Waals surface area contributed by atoms with Crippen molar-refractivity contribution < 1.29 is 4.79 Å². The minimum atomic E-state index is 0.132. The van der Waals surface area contributed by atoms with Crippen LogP contribution in [0.4, 0.5) is 0 Å². The van der Waals surface area contributed by atoms with Crippen molar-refractivity contribution in [3.8, 4) is 0 Å². The zero-order valence-corrected chi connectivity index (χ0v) is 5.32. The average Bonchev–Trinajstić information content (AvgIpc) is 1.61. The Hall–Kier alpha value is -0.790.